The summed E-state index contributed by atoms with van der Waals surface area (Å²) in [6, 6.07) is 9.97. The van der Waals surface area contributed by atoms with Crippen LogP contribution >= 0.6 is 11.6 Å². The van der Waals surface area contributed by atoms with Crippen molar-refractivity contribution < 1.29 is 21.2 Å². The highest BCUT2D eigenvalue weighted by atomic mass is 35.5. The number of aryl methyl sites for hydroxylation is 1. The summed E-state index contributed by atoms with van der Waals surface area (Å²) < 4.78 is 63.9. The number of hydrogen-bond acceptors (Lipinski definition) is 5. The molecule has 1 aliphatic rings. The summed E-state index contributed by atoms with van der Waals surface area (Å²) >= 11 is 5.86. The summed E-state index contributed by atoms with van der Waals surface area (Å²) in [7, 11) is -7.42. The number of rotatable bonds is 6. The molecule has 2 atom stereocenters. The van der Waals surface area contributed by atoms with E-state index < -0.39 is 42.5 Å². The van der Waals surface area contributed by atoms with Crippen molar-refractivity contribution >= 4 is 31.3 Å². The van der Waals surface area contributed by atoms with Gasteiger partial charge in [0, 0.05) is 11.1 Å². The maximum atomic E-state index is 13.4. The highest BCUT2D eigenvalue weighted by molar-refractivity contribution is 7.96. The molecular formula is C19H21ClFNO4S2. The SMILES string of the molecule is Cc1cc(F)ccc1S(=O)(=O)[C@H]1CS(=O)(=O)C[C@@H]1NCCc1ccc(Cl)cc1. The Kier molecular flexibility index (Phi) is 6.14. The van der Waals surface area contributed by atoms with E-state index in [-0.39, 0.29) is 16.2 Å². The summed E-state index contributed by atoms with van der Waals surface area (Å²) in [5, 5.41) is 2.61. The fourth-order valence-corrected chi connectivity index (χ4v) is 8.53. The van der Waals surface area contributed by atoms with Gasteiger partial charge in [-0.05, 0) is 61.3 Å². The molecule has 0 amide bonds. The molecule has 1 fully saturated rings. The lowest BCUT2D eigenvalue weighted by Crippen LogP contribution is -2.44. The highest BCUT2D eigenvalue weighted by Crippen LogP contribution is 2.28. The number of sulfone groups is 2. The van der Waals surface area contributed by atoms with Crippen molar-refractivity contribution in [3.63, 3.8) is 0 Å². The smallest absolute Gasteiger partial charge is 0.184 e. The van der Waals surface area contributed by atoms with Crippen LogP contribution in [0.15, 0.2) is 47.4 Å². The lowest BCUT2D eigenvalue weighted by molar-refractivity contribution is 0.528. The van der Waals surface area contributed by atoms with Gasteiger partial charge in [0.25, 0.3) is 0 Å². The van der Waals surface area contributed by atoms with Gasteiger partial charge in [0.15, 0.2) is 19.7 Å². The molecule has 0 saturated carbocycles. The van der Waals surface area contributed by atoms with Crippen LogP contribution in [0.25, 0.3) is 0 Å². The van der Waals surface area contributed by atoms with Gasteiger partial charge in [-0.25, -0.2) is 21.2 Å². The number of nitrogens with one attached hydrogen (secondary N) is 1. The molecule has 28 heavy (non-hydrogen) atoms. The molecule has 5 nitrogen and oxygen atoms in total. The van der Waals surface area contributed by atoms with Crippen LogP contribution in [0.4, 0.5) is 4.39 Å². The molecule has 1 saturated heterocycles. The average molecular weight is 446 g/mol. The minimum Gasteiger partial charge on any atom is -0.311 e. The average Bonchev–Trinajstić information content (AvgIpc) is 2.92. The molecular weight excluding hydrogens is 425 g/mol. The van der Waals surface area contributed by atoms with Crippen LogP contribution in [0.1, 0.15) is 11.1 Å². The molecule has 0 aromatic heterocycles. The molecule has 9 heteroatoms. The maximum absolute atomic E-state index is 13.4. The second-order valence-electron chi connectivity index (χ2n) is 7.01. The van der Waals surface area contributed by atoms with Gasteiger partial charge >= 0.3 is 0 Å². The summed E-state index contributed by atoms with van der Waals surface area (Å²) in [5.41, 5.74) is 1.27. The van der Waals surface area contributed by atoms with Crippen molar-refractivity contribution in [2.75, 3.05) is 18.1 Å². The largest absolute Gasteiger partial charge is 0.311 e. The van der Waals surface area contributed by atoms with Crippen molar-refractivity contribution in [3.8, 4) is 0 Å². The van der Waals surface area contributed by atoms with Crippen LogP contribution in [0.3, 0.4) is 0 Å². The second kappa shape index (κ2) is 8.10. The Morgan fingerprint density at radius 2 is 1.82 bits per heavy atom. The van der Waals surface area contributed by atoms with Crippen LogP contribution in [0, 0.1) is 12.7 Å². The van der Waals surface area contributed by atoms with Gasteiger partial charge in [-0.15, -0.1) is 0 Å². The molecule has 2 aromatic rings. The van der Waals surface area contributed by atoms with Crippen molar-refractivity contribution in [1.82, 2.24) is 5.32 Å². The lowest BCUT2D eigenvalue weighted by Gasteiger charge is -2.21. The number of benzene rings is 2. The first-order valence-corrected chi connectivity index (χ1v) is 12.5. The molecule has 152 valence electrons. The first-order chi connectivity index (χ1) is 13.1. The summed E-state index contributed by atoms with van der Waals surface area (Å²) in [6.45, 7) is 1.93. The minimum absolute atomic E-state index is 0.0273. The normalized spacial score (nSPS) is 21.7. The van der Waals surface area contributed by atoms with E-state index >= 15 is 0 Å². The Balaban J connectivity index is 1.78. The van der Waals surface area contributed by atoms with Crippen LogP contribution in [-0.4, -0.2) is 46.2 Å². The second-order valence-corrected chi connectivity index (χ2v) is 11.7. The van der Waals surface area contributed by atoms with Crippen LogP contribution in [0.5, 0.6) is 0 Å². The Morgan fingerprint density at radius 3 is 2.46 bits per heavy atom. The molecule has 0 aliphatic carbocycles. The summed E-state index contributed by atoms with van der Waals surface area (Å²) in [4.78, 5) is -0.0273. The molecule has 1 aliphatic heterocycles. The number of halogens is 2. The van der Waals surface area contributed by atoms with Gasteiger partial charge in [0.1, 0.15) is 5.82 Å². The fraction of sp³-hybridized carbons (Fsp3) is 0.368. The van der Waals surface area contributed by atoms with E-state index in [1.807, 2.05) is 12.1 Å². The monoisotopic (exact) mass is 445 g/mol. The van der Waals surface area contributed by atoms with Crippen molar-refractivity contribution in [3.05, 3.63) is 64.4 Å². The first kappa shape index (κ1) is 21.2. The van der Waals surface area contributed by atoms with E-state index in [2.05, 4.69) is 5.32 Å². The molecule has 1 heterocycles. The molecule has 0 radical (unpaired) electrons. The molecule has 0 unspecified atom stereocenters. The zero-order chi connectivity index (χ0) is 20.5. The Labute approximate surface area is 169 Å². The van der Waals surface area contributed by atoms with E-state index in [4.69, 9.17) is 11.6 Å². The minimum atomic E-state index is -3.93. The summed E-state index contributed by atoms with van der Waals surface area (Å²) in [6.07, 6.45) is 0.607. The molecule has 0 bridgehead atoms. The Morgan fingerprint density at radius 1 is 1.14 bits per heavy atom. The molecule has 0 spiro atoms. The van der Waals surface area contributed by atoms with E-state index in [0.717, 1.165) is 17.7 Å². The fourth-order valence-electron chi connectivity index (χ4n) is 3.46. The zero-order valence-electron chi connectivity index (χ0n) is 15.2. The first-order valence-electron chi connectivity index (χ1n) is 8.77. The topological polar surface area (TPSA) is 80.3 Å². The van der Waals surface area contributed by atoms with Gasteiger partial charge < -0.3 is 5.32 Å². The lowest BCUT2D eigenvalue weighted by atomic mass is 10.1. The highest BCUT2D eigenvalue weighted by Gasteiger charge is 2.45. The van der Waals surface area contributed by atoms with Crippen molar-refractivity contribution in [2.45, 2.75) is 29.5 Å². The Hall–Kier alpha value is -1.48. The van der Waals surface area contributed by atoms with Gasteiger partial charge in [0.05, 0.1) is 21.7 Å². The predicted octanol–water partition coefficient (Wildman–Crippen LogP) is 2.56. The van der Waals surface area contributed by atoms with Gasteiger partial charge in [0.2, 0.25) is 0 Å². The third kappa shape index (κ3) is 4.74. The predicted molar refractivity (Wildman–Crippen MR) is 108 cm³/mol. The standard InChI is InChI=1S/C19H21ClFNO4S2/c1-13-10-16(21)6-7-18(13)28(25,26)19-12-27(23,24)11-17(19)22-9-8-14-2-4-15(20)5-3-14/h2-7,10,17,19,22H,8-9,11-12H2,1H3/t17-,19-/m0/s1. The molecule has 2 aromatic carbocycles. The quantitative estimate of drug-likeness (QED) is 0.691. The third-order valence-corrected chi connectivity index (χ3v) is 9.44. The van der Waals surface area contributed by atoms with Crippen LogP contribution in [-0.2, 0) is 26.1 Å². The zero-order valence-corrected chi connectivity index (χ0v) is 17.6. The molecule has 1 N–H and O–H groups in total. The molecule has 3 rings (SSSR count). The summed E-state index contributed by atoms with van der Waals surface area (Å²) in [5.74, 6) is -1.21. The van der Waals surface area contributed by atoms with E-state index in [1.54, 1.807) is 12.1 Å². The van der Waals surface area contributed by atoms with E-state index in [9.17, 15) is 21.2 Å². The van der Waals surface area contributed by atoms with Crippen molar-refractivity contribution in [1.29, 1.82) is 0 Å². The van der Waals surface area contributed by atoms with Gasteiger partial charge in [-0.2, -0.15) is 0 Å². The van der Waals surface area contributed by atoms with E-state index in [1.165, 1.54) is 13.0 Å². The van der Waals surface area contributed by atoms with Crippen molar-refractivity contribution in [2.24, 2.45) is 0 Å². The third-order valence-electron chi connectivity index (χ3n) is 4.88. The van der Waals surface area contributed by atoms with E-state index in [0.29, 0.717) is 18.0 Å². The Bertz CT molecular complexity index is 1070. The van der Waals surface area contributed by atoms with Gasteiger partial charge in [-0.1, -0.05) is 23.7 Å². The number of hydrogen-bond donors (Lipinski definition) is 1. The van der Waals surface area contributed by atoms with Crippen LogP contribution < -0.4 is 5.32 Å². The van der Waals surface area contributed by atoms with Crippen LogP contribution in [0.2, 0.25) is 5.02 Å². The maximum Gasteiger partial charge on any atom is 0.184 e. The van der Waals surface area contributed by atoms with Gasteiger partial charge in [-0.3, -0.25) is 0 Å².